The number of piperazine rings is 1. The van der Waals surface area contributed by atoms with Crippen LogP contribution in [-0.4, -0.2) is 72.8 Å². The summed E-state index contributed by atoms with van der Waals surface area (Å²) in [4.78, 5) is 31.1. The Kier molecular flexibility index (Phi) is 6.37. The fraction of sp³-hybridized carbons (Fsp3) is 0.385. The van der Waals surface area contributed by atoms with Crippen molar-refractivity contribution >= 4 is 34.3 Å². The lowest BCUT2D eigenvalue weighted by atomic mass is 10.1. The lowest BCUT2D eigenvalue weighted by Gasteiger charge is -2.35. The number of carbonyl (C=O) groups is 1. The van der Waals surface area contributed by atoms with Crippen molar-refractivity contribution in [1.29, 1.82) is 0 Å². The molecule has 0 N–H and O–H groups in total. The molecule has 1 fully saturated rings. The summed E-state index contributed by atoms with van der Waals surface area (Å²) in [7, 11) is 0. The van der Waals surface area contributed by atoms with Crippen LogP contribution in [0.15, 0.2) is 52.4 Å². The van der Waals surface area contributed by atoms with Crippen molar-refractivity contribution in [2.45, 2.75) is 38.1 Å². The minimum atomic E-state index is -0.324. The number of fused-ring (bicyclic) bond motifs is 3. The van der Waals surface area contributed by atoms with Crippen molar-refractivity contribution in [3.8, 4) is 5.69 Å². The second-order valence-electron chi connectivity index (χ2n) is 9.01. The molecular weight excluding hydrogens is 460 g/mol. The fourth-order valence-electron chi connectivity index (χ4n) is 4.70. The van der Waals surface area contributed by atoms with Gasteiger partial charge in [0, 0.05) is 26.2 Å². The number of thioether (sulfide) groups is 1. The third kappa shape index (κ3) is 4.12. The van der Waals surface area contributed by atoms with Crippen molar-refractivity contribution in [2.24, 2.45) is 0 Å². The lowest BCUT2D eigenvalue weighted by Crippen LogP contribution is -2.50. The highest BCUT2D eigenvalue weighted by molar-refractivity contribution is 8.00. The highest BCUT2D eigenvalue weighted by atomic mass is 32.2. The summed E-state index contributed by atoms with van der Waals surface area (Å²) in [5, 5.41) is 9.76. The molecule has 0 bridgehead atoms. The van der Waals surface area contributed by atoms with E-state index in [2.05, 4.69) is 22.0 Å². The van der Waals surface area contributed by atoms with Crippen LogP contribution in [0.4, 0.5) is 0 Å². The molecule has 35 heavy (non-hydrogen) atoms. The van der Waals surface area contributed by atoms with Crippen LogP contribution in [-0.2, 0) is 4.79 Å². The molecule has 1 aliphatic rings. The maximum absolute atomic E-state index is 13.6. The number of benzene rings is 2. The van der Waals surface area contributed by atoms with E-state index >= 15 is 0 Å². The van der Waals surface area contributed by atoms with Gasteiger partial charge in [0.1, 0.15) is 0 Å². The predicted molar refractivity (Wildman–Crippen MR) is 140 cm³/mol. The maximum Gasteiger partial charge on any atom is 0.267 e. The van der Waals surface area contributed by atoms with E-state index in [0.29, 0.717) is 16.3 Å². The summed E-state index contributed by atoms with van der Waals surface area (Å²) < 4.78 is 3.54. The van der Waals surface area contributed by atoms with E-state index in [9.17, 15) is 9.59 Å². The number of aromatic nitrogens is 4. The van der Waals surface area contributed by atoms with E-state index < -0.39 is 0 Å². The first-order chi connectivity index (χ1) is 16.9. The molecule has 9 heteroatoms. The summed E-state index contributed by atoms with van der Waals surface area (Å²) in [6.07, 6.45) is 0. The molecule has 2 aromatic heterocycles. The Balaban J connectivity index is 1.58. The quantitative estimate of drug-likeness (QED) is 0.400. The monoisotopic (exact) mass is 490 g/mol. The molecule has 1 saturated heterocycles. The van der Waals surface area contributed by atoms with Gasteiger partial charge in [-0.2, -0.15) is 0 Å². The van der Waals surface area contributed by atoms with E-state index in [0.717, 1.165) is 55.1 Å². The molecule has 1 aliphatic heterocycles. The van der Waals surface area contributed by atoms with E-state index in [4.69, 9.17) is 0 Å². The molecule has 0 aliphatic carbocycles. The van der Waals surface area contributed by atoms with Gasteiger partial charge in [0.2, 0.25) is 11.7 Å². The summed E-state index contributed by atoms with van der Waals surface area (Å²) in [6, 6.07) is 13.4. The molecule has 0 radical (unpaired) electrons. The topological polar surface area (TPSA) is 75.7 Å². The van der Waals surface area contributed by atoms with E-state index in [1.807, 2.05) is 72.5 Å². The van der Waals surface area contributed by atoms with Crippen molar-refractivity contribution in [3.63, 3.8) is 0 Å². The van der Waals surface area contributed by atoms with Gasteiger partial charge in [0.15, 0.2) is 5.16 Å². The average molecular weight is 491 g/mol. The highest BCUT2D eigenvalue weighted by Gasteiger charge is 2.27. The smallest absolute Gasteiger partial charge is 0.267 e. The number of aryl methyl sites for hydroxylation is 1. The molecule has 3 heterocycles. The first-order valence-electron chi connectivity index (χ1n) is 12.0. The summed E-state index contributed by atoms with van der Waals surface area (Å²) in [5.74, 6) is 0.552. The number of rotatable bonds is 5. The van der Waals surface area contributed by atoms with Crippen LogP contribution in [0, 0.1) is 13.8 Å². The van der Waals surface area contributed by atoms with Gasteiger partial charge in [0.25, 0.3) is 5.56 Å². The summed E-state index contributed by atoms with van der Waals surface area (Å²) in [5.41, 5.74) is 3.49. The molecule has 1 amide bonds. The Hall–Kier alpha value is -3.17. The Morgan fingerprint density at radius 2 is 1.77 bits per heavy atom. The summed E-state index contributed by atoms with van der Waals surface area (Å²) >= 11 is 1.39. The molecule has 182 valence electrons. The molecule has 1 atom stereocenters. The first-order valence-corrected chi connectivity index (χ1v) is 12.9. The third-order valence-corrected chi connectivity index (χ3v) is 8.00. The number of para-hydroxylation sites is 1. The molecule has 0 spiro atoms. The van der Waals surface area contributed by atoms with Gasteiger partial charge in [-0.3, -0.25) is 14.0 Å². The van der Waals surface area contributed by atoms with Crippen LogP contribution in [0.2, 0.25) is 0 Å². The van der Waals surface area contributed by atoms with Crippen LogP contribution in [0.25, 0.3) is 22.4 Å². The summed E-state index contributed by atoms with van der Waals surface area (Å²) in [6.45, 7) is 12.4. The van der Waals surface area contributed by atoms with Gasteiger partial charge >= 0.3 is 0 Å². The molecule has 4 aromatic rings. The van der Waals surface area contributed by atoms with Crippen LogP contribution in [0.3, 0.4) is 0 Å². The van der Waals surface area contributed by atoms with Crippen molar-refractivity contribution in [1.82, 2.24) is 29.0 Å². The van der Waals surface area contributed by atoms with E-state index in [1.54, 1.807) is 4.57 Å². The van der Waals surface area contributed by atoms with E-state index in [-0.39, 0.29) is 16.7 Å². The zero-order valence-corrected chi connectivity index (χ0v) is 21.4. The number of hydrogen-bond acceptors (Lipinski definition) is 6. The number of nitrogens with zero attached hydrogens (tertiary/aromatic N) is 6. The van der Waals surface area contributed by atoms with Crippen molar-refractivity contribution < 1.29 is 4.79 Å². The fourth-order valence-corrected chi connectivity index (χ4v) is 5.64. The minimum Gasteiger partial charge on any atom is -0.339 e. The van der Waals surface area contributed by atoms with Gasteiger partial charge in [-0.15, -0.1) is 10.2 Å². The second kappa shape index (κ2) is 9.47. The predicted octanol–water partition coefficient (Wildman–Crippen LogP) is 3.29. The number of carbonyl (C=O) groups excluding carboxylic acids is 1. The minimum absolute atomic E-state index is 0.106. The zero-order valence-electron chi connectivity index (χ0n) is 20.6. The van der Waals surface area contributed by atoms with Crippen LogP contribution >= 0.6 is 11.8 Å². The Morgan fingerprint density at radius 1 is 1.03 bits per heavy atom. The Labute approximate surface area is 208 Å². The molecule has 2 aromatic carbocycles. The van der Waals surface area contributed by atoms with Gasteiger partial charge in [-0.25, -0.2) is 4.57 Å². The van der Waals surface area contributed by atoms with Crippen LogP contribution < -0.4 is 5.56 Å². The number of likely N-dealkylation sites (N-methyl/N-ethyl adjacent to an activating group) is 1. The molecular formula is C26H30N6O2S. The van der Waals surface area contributed by atoms with Gasteiger partial charge < -0.3 is 9.80 Å². The Bertz CT molecular complexity index is 1470. The van der Waals surface area contributed by atoms with Crippen LogP contribution in [0.1, 0.15) is 25.0 Å². The van der Waals surface area contributed by atoms with Gasteiger partial charge in [-0.05, 0) is 56.6 Å². The zero-order chi connectivity index (χ0) is 24.7. The van der Waals surface area contributed by atoms with Crippen LogP contribution in [0.5, 0.6) is 0 Å². The van der Waals surface area contributed by atoms with Gasteiger partial charge in [-0.1, -0.05) is 43.0 Å². The third-order valence-electron chi connectivity index (χ3n) is 6.97. The maximum atomic E-state index is 13.6. The normalized spacial score (nSPS) is 15.7. The Morgan fingerprint density at radius 3 is 2.51 bits per heavy atom. The van der Waals surface area contributed by atoms with Crippen molar-refractivity contribution in [3.05, 3.63) is 63.9 Å². The standard InChI is InChI=1S/C26H30N6O2S/c1-5-29-13-15-30(16-14-29)23(33)19(4)35-26-28-27-25-31(21-12-8-9-17(2)18(21)3)24(34)20-10-6-7-11-22(20)32(25)26/h6-12,19H,5,13-16H2,1-4H3. The molecule has 1 unspecified atom stereocenters. The lowest BCUT2D eigenvalue weighted by molar-refractivity contribution is -0.132. The number of amides is 1. The molecule has 0 saturated carbocycles. The van der Waals surface area contributed by atoms with Gasteiger partial charge in [0.05, 0.1) is 21.8 Å². The molecule has 5 rings (SSSR count). The van der Waals surface area contributed by atoms with E-state index in [1.165, 1.54) is 11.8 Å². The van der Waals surface area contributed by atoms with Crippen molar-refractivity contribution in [2.75, 3.05) is 32.7 Å². The SMILES string of the molecule is CCN1CCN(C(=O)C(C)Sc2nnc3n(-c4cccc(C)c4C)c(=O)c4ccccc4n23)CC1. The second-order valence-corrected chi connectivity index (χ2v) is 10.3. The highest BCUT2D eigenvalue weighted by Crippen LogP contribution is 2.28. The molecule has 8 nitrogen and oxygen atoms in total. The average Bonchev–Trinajstić information content (AvgIpc) is 3.29. The first kappa shape index (κ1) is 23.6. The largest absolute Gasteiger partial charge is 0.339 e. The number of hydrogen-bond donors (Lipinski definition) is 0.